The maximum atomic E-state index is 12.1. The highest BCUT2D eigenvalue weighted by Crippen LogP contribution is 2.16. The van der Waals surface area contributed by atoms with Gasteiger partial charge in [-0.3, -0.25) is 9.47 Å². The smallest absolute Gasteiger partial charge is 0.337 e. The second-order valence-corrected chi connectivity index (χ2v) is 6.27. The third kappa shape index (κ3) is 2.84. The minimum absolute atomic E-state index is 0.167. The van der Waals surface area contributed by atoms with Gasteiger partial charge >= 0.3 is 11.7 Å². The Bertz CT molecular complexity index is 716. The topological polar surface area (TPSA) is 78.3 Å². The molecule has 1 saturated heterocycles. The van der Waals surface area contributed by atoms with Crippen molar-refractivity contribution in [3.05, 3.63) is 34.2 Å². The normalized spacial score (nSPS) is 16.4. The number of rotatable bonds is 4. The molecule has 1 aliphatic rings. The molecule has 0 bridgehead atoms. The summed E-state index contributed by atoms with van der Waals surface area (Å²) in [7, 11) is 0. The van der Waals surface area contributed by atoms with E-state index in [0.29, 0.717) is 17.6 Å². The van der Waals surface area contributed by atoms with Crippen molar-refractivity contribution in [1.82, 2.24) is 14.5 Å². The summed E-state index contributed by atoms with van der Waals surface area (Å²) in [6, 6.07) is 4.91. The average Bonchev–Trinajstić information content (AvgIpc) is 2.81. The molecule has 1 fully saturated rings. The number of carboxylic acid groups (broad SMARTS) is 1. The summed E-state index contributed by atoms with van der Waals surface area (Å²) >= 11 is 1.94. The maximum absolute atomic E-state index is 12.1. The molecule has 3 rings (SSSR count). The summed E-state index contributed by atoms with van der Waals surface area (Å²) < 4.78 is 1.54. The van der Waals surface area contributed by atoms with Gasteiger partial charge in [0.25, 0.3) is 0 Å². The standard InChI is InChI=1S/C14H17N3O3S/c18-13(19)10-2-1-3-11-12(10)17(14(20)15-11)5-4-16-6-8-21-9-7-16/h1-3H,4-9H2,(H,15,20)(H,18,19). The predicted octanol–water partition coefficient (Wildman–Crippen LogP) is 1.08. The van der Waals surface area contributed by atoms with Crippen molar-refractivity contribution in [3.8, 4) is 0 Å². The van der Waals surface area contributed by atoms with E-state index >= 15 is 0 Å². The van der Waals surface area contributed by atoms with Crippen molar-refractivity contribution >= 4 is 28.8 Å². The molecule has 0 saturated carbocycles. The molecule has 1 aromatic heterocycles. The molecule has 2 heterocycles. The van der Waals surface area contributed by atoms with Gasteiger partial charge in [0.2, 0.25) is 0 Å². The first-order valence-corrected chi connectivity index (χ1v) is 8.07. The number of hydrogen-bond acceptors (Lipinski definition) is 4. The van der Waals surface area contributed by atoms with E-state index in [1.54, 1.807) is 16.7 Å². The molecule has 1 aromatic carbocycles. The van der Waals surface area contributed by atoms with Crippen LogP contribution in [0.2, 0.25) is 0 Å². The molecule has 2 N–H and O–H groups in total. The molecule has 2 aromatic rings. The second-order valence-electron chi connectivity index (χ2n) is 5.04. The number of aromatic amines is 1. The van der Waals surface area contributed by atoms with Crippen LogP contribution in [-0.4, -0.2) is 56.7 Å². The van der Waals surface area contributed by atoms with Gasteiger partial charge in [-0.05, 0) is 12.1 Å². The zero-order valence-electron chi connectivity index (χ0n) is 11.5. The van der Waals surface area contributed by atoms with Gasteiger partial charge in [-0.1, -0.05) is 6.07 Å². The largest absolute Gasteiger partial charge is 0.478 e. The zero-order chi connectivity index (χ0) is 14.8. The number of hydrogen-bond donors (Lipinski definition) is 2. The van der Waals surface area contributed by atoms with E-state index < -0.39 is 5.97 Å². The van der Waals surface area contributed by atoms with Crippen LogP contribution < -0.4 is 5.69 Å². The molecule has 0 spiro atoms. The van der Waals surface area contributed by atoms with E-state index in [9.17, 15) is 14.7 Å². The van der Waals surface area contributed by atoms with Gasteiger partial charge in [0.1, 0.15) is 0 Å². The molecule has 1 aliphatic heterocycles. The first-order chi connectivity index (χ1) is 10.2. The van der Waals surface area contributed by atoms with E-state index in [1.807, 2.05) is 11.8 Å². The van der Waals surface area contributed by atoms with Crippen molar-refractivity contribution in [1.29, 1.82) is 0 Å². The van der Waals surface area contributed by atoms with Crippen LogP contribution in [-0.2, 0) is 6.54 Å². The fourth-order valence-corrected chi connectivity index (χ4v) is 3.65. The minimum Gasteiger partial charge on any atom is -0.478 e. The number of fused-ring (bicyclic) bond motifs is 1. The molecule has 0 radical (unpaired) electrons. The molecule has 0 aliphatic carbocycles. The van der Waals surface area contributed by atoms with E-state index in [4.69, 9.17) is 0 Å². The van der Waals surface area contributed by atoms with E-state index in [1.165, 1.54) is 6.07 Å². The van der Waals surface area contributed by atoms with Crippen LogP contribution in [0, 0.1) is 0 Å². The maximum Gasteiger partial charge on any atom is 0.337 e. The fraction of sp³-hybridized carbons (Fsp3) is 0.429. The van der Waals surface area contributed by atoms with Gasteiger partial charge in [0.05, 0.1) is 16.6 Å². The monoisotopic (exact) mass is 307 g/mol. The number of H-pyrrole nitrogens is 1. The SMILES string of the molecule is O=C(O)c1cccc2[nH]c(=O)n(CCN3CCSCC3)c12. The summed E-state index contributed by atoms with van der Waals surface area (Å²) in [4.78, 5) is 28.5. The molecule has 0 unspecified atom stereocenters. The highest BCUT2D eigenvalue weighted by molar-refractivity contribution is 7.99. The Morgan fingerprint density at radius 1 is 1.29 bits per heavy atom. The molecule has 0 amide bonds. The number of benzene rings is 1. The highest BCUT2D eigenvalue weighted by atomic mass is 32.2. The van der Waals surface area contributed by atoms with Crippen molar-refractivity contribution in [2.24, 2.45) is 0 Å². The van der Waals surface area contributed by atoms with Crippen molar-refractivity contribution < 1.29 is 9.90 Å². The average molecular weight is 307 g/mol. The first kappa shape index (κ1) is 14.2. The van der Waals surface area contributed by atoms with E-state index in [0.717, 1.165) is 31.1 Å². The summed E-state index contributed by atoms with van der Waals surface area (Å²) in [6.45, 7) is 3.32. The lowest BCUT2D eigenvalue weighted by atomic mass is 10.2. The van der Waals surface area contributed by atoms with Crippen molar-refractivity contribution in [2.75, 3.05) is 31.1 Å². The summed E-state index contributed by atoms with van der Waals surface area (Å²) in [5.41, 5.74) is 0.987. The van der Waals surface area contributed by atoms with Crippen LogP contribution in [0.4, 0.5) is 0 Å². The molecule has 0 atom stereocenters. The van der Waals surface area contributed by atoms with E-state index in [-0.39, 0.29) is 11.3 Å². The quantitative estimate of drug-likeness (QED) is 0.883. The van der Waals surface area contributed by atoms with Crippen molar-refractivity contribution in [3.63, 3.8) is 0 Å². The number of imidazole rings is 1. The summed E-state index contributed by atoms with van der Waals surface area (Å²) in [6.07, 6.45) is 0. The molecule has 21 heavy (non-hydrogen) atoms. The number of carboxylic acids is 1. The third-order valence-electron chi connectivity index (χ3n) is 3.77. The van der Waals surface area contributed by atoms with Crippen LogP contribution in [0.5, 0.6) is 0 Å². The van der Waals surface area contributed by atoms with Gasteiger partial charge in [0.15, 0.2) is 0 Å². The Balaban J connectivity index is 1.91. The Kier molecular flexibility index (Phi) is 4.03. The number of nitrogens with one attached hydrogen (secondary N) is 1. The summed E-state index contributed by atoms with van der Waals surface area (Å²) in [5.74, 6) is 1.22. The van der Waals surface area contributed by atoms with Gasteiger partial charge in [0, 0.05) is 37.7 Å². The Labute approximate surface area is 125 Å². The first-order valence-electron chi connectivity index (χ1n) is 6.92. The third-order valence-corrected chi connectivity index (χ3v) is 4.71. The Morgan fingerprint density at radius 3 is 2.76 bits per heavy atom. The number of aromatic carboxylic acids is 1. The highest BCUT2D eigenvalue weighted by Gasteiger charge is 2.16. The van der Waals surface area contributed by atoms with Crippen molar-refractivity contribution in [2.45, 2.75) is 6.54 Å². The second kappa shape index (κ2) is 5.95. The lowest BCUT2D eigenvalue weighted by Crippen LogP contribution is -2.36. The lowest BCUT2D eigenvalue weighted by Gasteiger charge is -2.26. The summed E-state index contributed by atoms with van der Waals surface area (Å²) in [5, 5.41) is 9.29. The molecular weight excluding hydrogens is 290 g/mol. The van der Waals surface area contributed by atoms with Gasteiger partial charge in [-0.25, -0.2) is 9.59 Å². The molecule has 7 heteroatoms. The van der Waals surface area contributed by atoms with Gasteiger partial charge < -0.3 is 10.1 Å². The molecule has 112 valence electrons. The number of carbonyl (C=O) groups is 1. The van der Waals surface area contributed by atoms with Gasteiger partial charge in [-0.2, -0.15) is 11.8 Å². The predicted molar refractivity (Wildman–Crippen MR) is 83.3 cm³/mol. The minimum atomic E-state index is -1.01. The number of aromatic nitrogens is 2. The number of nitrogens with zero attached hydrogens (tertiary/aromatic N) is 2. The number of thioether (sulfide) groups is 1. The van der Waals surface area contributed by atoms with E-state index in [2.05, 4.69) is 9.88 Å². The van der Waals surface area contributed by atoms with Crippen LogP contribution in [0.25, 0.3) is 11.0 Å². The molecule has 6 nitrogen and oxygen atoms in total. The zero-order valence-corrected chi connectivity index (χ0v) is 12.4. The Hall–Kier alpha value is -1.73. The Morgan fingerprint density at radius 2 is 2.05 bits per heavy atom. The van der Waals surface area contributed by atoms with Crippen LogP contribution in [0.3, 0.4) is 0 Å². The fourth-order valence-electron chi connectivity index (χ4n) is 2.67. The van der Waals surface area contributed by atoms with Crippen LogP contribution in [0.15, 0.2) is 23.0 Å². The van der Waals surface area contributed by atoms with Crippen LogP contribution in [0.1, 0.15) is 10.4 Å². The van der Waals surface area contributed by atoms with Crippen LogP contribution >= 0.6 is 11.8 Å². The lowest BCUT2D eigenvalue weighted by molar-refractivity contribution is 0.0698. The van der Waals surface area contributed by atoms with Gasteiger partial charge in [-0.15, -0.1) is 0 Å². The number of para-hydroxylation sites is 1. The molecular formula is C14H17N3O3S.